The molecule has 1 fully saturated rings. The molecule has 0 aliphatic carbocycles. The molecule has 2 aliphatic rings. The molecule has 3 heterocycles. The summed E-state index contributed by atoms with van der Waals surface area (Å²) in [6.07, 6.45) is -0.234. The van der Waals surface area contributed by atoms with Crippen molar-refractivity contribution in [3.8, 4) is 0 Å². The largest absolute Gasteiger partial charge is 0.394 e. The topological polar surface area (TPSA) is 95.9 Å². The maximum absolute atomic E-state index is 12.1. The van der Waals surface area contributed by atoms with Gasteiger partial charge in [0.2, 0.25) is 5.91 Å². The summed E-state index contributed by atoms with van der Waals surface area (Å²) in [6.45, 7) is -0.308. The van der Waals surface area contributed by atoms with Crippen molar-refractivity contribution in [2.75, 3.05) is 6.61 Å². The number of nitrogens with one attached hydrogen (secondary N) is 1. The van der Waals surface area contributed by atoms with E-state index < -0.39 is 36.0 Å². The molecule has 3 rings (SSSR count). The second-order valence-corrected chi connectivity index (χ2v) is 6.99. The van der Waals surface area contributed by atoms with Gasteiger partial charge < -0.3 is 14.9 Å². The van der Waals surface area contributed by atoms with Gasteiger partial charge in [0.05, 0.1) is 35.2 Å². The molecule has 2 amide bonds. The van der Waals surface area contributed by atoms with E-state index in [0.29, 0.717) is 5.57 Å². The van der Waals surface area contributed by atoms with Gasteiger partial charge >= 0.3 is 0 Å². The number of thiophene rings is 1. The number of amides is 2. The van der Waals surface area contributed by atoms with Gasteiger partial charge in [-0.1, -0.05) is 6.08 Å². The Morgan fingerprint density at radius 1 is 1.45 bits per heavy atom. The van der Waals surface area contributed by atoms with E-state index in [2.05, 4.69) is 21.2 Å². The molecule has 0 bridgehead atoms. The minimum atomic E-state index is -0.814. The lowest BCUT2D eigenvalue weighted by Crippen LogP contribution is -2.44. The van der Waals surface area contributed by atoms with Gasteiger partial charge in [0, 0.05) is 10.9 Å². The van der Waals surface area contributed by atoms with Gasteiger partial charge in [-0.05, 0) is 27.4 Å². The zero-order chi connectivity index (χ0) is 15.9. The second kappa shape index (κ2) is 6.21. The SMILES string of the molecule is O=C1NC(=O)C([C@H]2C[C@H](O)[C@@H](CO)O2)C=C1c1sccc1Br. The highest BCUT2D eigenvalue weighted by molar-refractivity contribution is 9.10. The van der Waals surface area contributed by atoms with E-state index in [0.717, 1.165) is 9.35 Å². The van der Waals surface area contributed by atoms with Gasteiger partial charge in [0.25, 0.3) is 5.91 Å². The molecule has 3 N–H and O–H groups in total. The molecular weight excluding hydrogens is 374 g/mol. The number of carbonyl (C=O) groups is 2. The quantitative estimate of drug-likeness (QED) is 0.662. The number of aliphatic hydroxyl groups is 2. The Kier molecular flexibility index (Phi) is 4.47. The summed E-state index contributed by atoms with van der Waals surface area (Å²) in [5, 5.41) is 23.1. The van der Waals surface area contributed by atoms with E-state index in [-0.39, 0.29) is 13.0 Å². The van der Waals surface area contributed by atoms with Crippen LogP contribution in [0.15, 0.2) is 22.0 Å². The average molecular weight is 388 g/mol. The minimum Gasteiger partial charge on any atom is -0.394 e. The van der Waals surface area contributed by atoms with Gasteiger partial charge in [-0.15, -0.1) is 11.3 Å². The summed E-state index contributed by atoms with van der Waals surface area (Å²) in [4.78, 5) is 24.9. The molecule has 1 aromatic rings. The number of carbonyl (C=O) groups excluding carboxylic acids is 2. The summed E-state index contributed by atoms with van der Waals surface area (Å²) < 4.78 is 6.32. The molecule has 6 nitrogen and oxygen atoms in total. The Morgan fingerprint density at radius 3 is 2.82 bits per heavy atom. The first kappa shape index (κ1) is 15.8. The Labute approximate surface area is 138 Å². The first-order valence-electron chi connectivity index (χ1n) is 6.76. The zero-order valence-electron chi connectivity index (χ0n) is 11.4. The maximum Gasteiger partial charge on any atom is 0.259 e. The van der Waals surface area contributed by atoms with Crippen LogP contribution in [0.5, 0.6) is 0 Å². The summed E-state index contributed by atoms with van der Waals surface area (Å²) in [5.74, 6) is -1.56. The molecule has 1 aromatic heterocycles. The summed E-state index contributed by atoms with van der Waals surface area (Å²) in [6, 6.07) is 1.83. The average Bonchev–Trinajstić information content (AvgIpc) is 3.05. The van der Waals surface area contributed by atoms with Crippen molar-refractivity contribution in [1.29, 1.82) is 0 Å². The number of rotatable bonds is 3. The van der Waals surface area contributed by atoms with Crippen molar-refractivity contribution >= 4 is 44.7 Å². The molecule has 1 unspecified atom stereocenters. The highest BCUT2D eigenvalue weighted by atomic mass is 79.9. The molecule has 118 valence electrons. The van der Waals surface area contributed by atoms with E-state index >= 15 is 0 Å². The fraction of sp³-hybridized carbons (Fsp3) is 0.429. The van der Waals surface area contributed by atoms with Crippen molar-refractivity contribution in [3.63, 3.8) is 0 Å². The van der Waals surface area contributed by atoms with Gasteiger partial charge in [0.1, 0.15) is 6.10 Å². The van der Waals surface area contributed by atoms with Gasteiger partial charge in [-0.2, -0.15) is 0 Å². The molecule has 0 spiro atoms. The number of halogens is 1. The van der Waals surface area contributed by atoms with Crippen LogP contribution in [-0.2, 0) is 14.3 Å². The number of aliphatic hydroxyl groups excluding tert-OH is 2. The van der Waals surface area contributed by atoms with E-state index in [1.54, 1.807) is 6.08 Å². The number of hydrogen-bond donors (Lipinski definition) is 3. The van der Waals surface area contributed by atoms with Crippen molar-refractivity contribution < 1.29 is 24.5 Å². The molecule has 0 radical (unpaired) electrons. The lowest BCUT2D eigenvalue weighted by Gasteiger charge is -2.24. The second-order valence-electron chi connectivity index (χ2n) is 5.22. The van der Waals surface area contributed by atoms with Gasteiger partial charge in [0.15, 0.2) is 0 Å². The molecule has 8 heteroatoms. The molecule has 1 saturated heterocycles. The Hall–Kier alpha value is -1.06. The third-order valence-electron chi connectivity index (χ3n) is 3.83. The van der Waals surface area contributed by atoms with Crippen molar-refractivity contribution in [2.24, 2.45) is 5.92 Å². The molecule has 0 saturated carbocycles. The van der Waals surface area contributed by atoms with Crippen molar-refractivity contribution in [3.05, 3.63) is 26.9 Å². The van der Waals surface area contributed by atoms with Crippen LogP contribution in [0.1, 0.15) is 11.3 Å². The van der Waals surface area contributed by atoms with Crippen LogP contribution in [0.3, 0.4) is 0 Å². The number of hydrogen-bond acceptors (Lipinski definition) is 6. The van der Waals surface area contributed by atoms with Gasteiger partial charge in [-0.25, -0.2) is 0 Å². The van der Waals surface area contributed by atoms with E-state index in [1.165, 1.54) is 11.3 Å². The number of imide groups is 1. The van der Waals surface area contributed by atoms with E-state index in [1.807, 2.05) is 11.4 Å². The Balaban J connectivity index is 1.91. The summed E-state index contributed by atoms with van der Waals surface area (Å²) in [7, 11) is 0. The third kappa shape index (κ3) is 2.77. The monoisotopic (exact) mass is 387 g/mol. The van der Waals surface area contributed by atoms with Crippen LogP contribution in [0.2, 0.25) is 0 Å². The summed E-state index contributed by atoms with van der Waals surface area (Å²) >= 11 is 4.77. The lowest BCUT2D eigenvalue weighted by atomic mass is 9.92. The Morgan fingerprint density at radius 2 is 2.23 bits per heavy atom. The van der Waals surface area contributed by atoms with Crippen LogP contribution >= 0.6 is 27.3 Å². The van der Waals surface area contributed by atoms with Crippen LogP contribution in [0, 0.1) is 5.92 Å². The third-order valence-corrected chi connectivity index (χ3v) is 5.70. The standard InChI is InChI=1S/C14H14BrNO5S/c15-8-1-2-22-12(8)7-3-6(13(19)16-14(7)20)10-4-9(18)11(5-17)21-10/h1-3,6,9-11,17-18H,4-5H2,(H,16,19,20)/t6?,9-,10+,11+/m0/s1. The highest BCUT2D eigenvalue weighted by Gasteiger charge is 2.42. The van der Waals surface area contributed by atoms with Crippen molar-refractivity contribution in [1.82, 2.24) is 5.32 Å². The first-order chi connectivity index (χ1) is 10.5. The molecular formula is C14H14BrNO5S. The minimum absolute atomic E-state index is 0.243. The van der Waals surface area contributed by atoms with Crippen LogP contribution in [0.4, 0.5) is 0 Å². The van der Waals surface area contributed by atoms with Crippen LogP contribution < -0.4 is 5.32 Å². The predicted octanol–water partition coefficient (Wildman–Crippen LogP) is 0.677. The fourth-order valence-corrected chi connectivity index (χ4v) is 4.30. The Bertz CT molecular complexity index is 643. The normalized spacial score (nSPS) is 32.0. The molecule has 2 aliphatic heterocycles. The maximum atomic E-state index is 12.1. The van der Waals surface area contributed by atoms with Crippen LogP contribution in [0.25, 0.3) is 5.57 Å². The van der Waals surface area contributed by atoms with Crippen LogP contribution in [-0.4, -0.2) is 46.9 Å². The first-order valence-corrected chi connectivity index (χ1v) is 8.43. The molecule has 0 aromatic carbocycles. The van der Waals surface area contributed by atoms with Gasteiger partial charge in [-0.3, -0.25) is 14.9 Å². The number of ether oxygens (including phenoxy) is 1. The zero-order valence-corrected chi connectivity index (χ0v) is 13.8. The molecule has 22 heavy (non-hydrogen) atoms. The highest BCUT2D eigenvalue weighted by Crippen LogP contribution is 2.35. The molecule has 4 atom stereocenters. The predicted molar refractivity (Wildman–Crippen MR) is 83.0 cm³/mol. The lowest BCUT2D eigenvalue weighted by molar-refractivity contribution is -0.133. The van der Waals surface area contributed by atoms with Crippen molar-refractivity contribution in [2.45, 2.75) is 24.7 Å². The smallest absolute Gasteiger partial charge is 0.259 e. The summed E-state index contributed by atoms with van der Waals surface area (Å²) in [5.41, 5.74) is 0.414. The van der Waals surface area contributed by atoms with E-state index in [4.69, 9.17) is 9.84 Å². The fourth-order valence-electron chi connectivity index (χ4n) is 2.69. The van der Waals surface area contributed by atoms with E-state index in [9.17, 15) is 14.7 Å².